The van der Waals surface area contributed by atoms with Gasteiger partial charge in [0.2, 0.25) is 0 Å². The average Bonchev–Trinajstić information content (AvgIpc) is 2.69. The Morgan fingerprint density at radius 1 is 1.24 bits per heavy atom. The number of carbonyl (C=O) groups excluding carboxylic acids is 1. The molecule has 2 heterocycles. The lowest BCUT2D eigenvalue weighted by Gasteiger charge is -2.32. The molecule has 2 aromatic rings. The van der Waals surface area contributed by atoms with Crippen molar-refractivity contribution >= 4 is 11.7 Å². The van der Waals surface area contributed by atoms with Crippen molar-refractivity contribution in [3.8, 4) is 0 Å². The third-order valence-corrected chi connectivity index (χ3v) is 3.96. The van der Waals surface area contributed by atoms with E-state index in [2.05, 4.69) is 15.3 Å². The summed E-state index contributed by atoms with van der Waals surface area (Å²) in [5.41, 5.74) is 4.47. The number of benzene rings is 1. The number of amides is 1. The molecule has 1 aromatic carbocycles. The summed E-state index contributed by atoms with van der Waals surface area (Å²) >= 11 is 0. The topological polar surface area (TPSA) is 131 Å². The van der Waals surface area contributed by atoms with Gasteiger partial charge in [-0.25, -0.2) is 4.98 Å². The third-order valence-electron chi connectivity index (χ3n) is 3.96. The van der Waals surface area contributed by atoms with Gasteiger partial charge in [-0.2, -0.15) is 13.2 Å². The lowest BCUT2D eigenvalue weighted by molar-refractivity contribution is -0.141. The molecule has 3 atom stereocenters. The number of aromatic nitrogens is 2. The van der Waals surface area contributed by atoms with Gasteiger partial charge in [0.15, 0.2) is 5.69 Å². The molecule has 0 radical (unpaired) electrons. The quantitative estimate of drug-likeness (QED) is 0.590. The van der Waals surface area contributed by atoms with E-state index < -0.39 is 30.2 Å². The molecule has 3 rings (SSSR count). The van der Waals surface area contributed by atoms with Crippen LogP contribution in [0.2, 0.25) is 0 Å². The molecule has 11 heteroatoms. The zero-order valence-electron chi connectivity index (χ0n) is 15.2. The molecule has 8 nitrogen and oxygen atoms in total. The van der Waals surface area contributed by atoms with E-state index in [0.29, 0.717) is 24.8 Å². The van der Waals surface area contributed by atoms with Crippen molar-refractivity contribution in [2.45, 2.75) is 30.9 Å². The summed E-state index contributed by atoms with van der Waals surface area (Å²) in [7, 11) is 0. The molecule has 1 saturated heterocycles. The number of nitrogens with two attached hydrogens (primary N) is 1. The van der Waals surface area contributed by atoms with Gasteiger partial charge < -0.3 is 26.0 Å². The third kappa shape index (κ3) is 6.97. The molecule has 0 aliphatic carbocycles. The first-order chi connectivity index (χ1) is 13.7. The minimum Gasteiger partial charge on any atom is -0.390 e. The van der Waals surface area contributed by atoms with Crippen molar-refractivity contribution in [2.75, 3.05) is 18.9 Å². The number of nitrogens with zero attached hydrogens (tertiary/aromatic N) is 2. The smallest absolute Gasteiger partial charge is 0.390 e. The number of aliphatic hydroxyl groups excluding tert-OH is 2. The summed E-state index contributed by atoms with van der Waals surface area (Å²) in [5.74, 6) is -0.453. The van der Waals surface area contributed by atoms with E-state index in [1.54, 1.807) is 24.3 Å². The number of aliphatic hydroxyl groups is 2. The lowest BCUT2D eigenvalue weighted by atomic mass is 10.0. The van der Waals surface area contributed by atoms with Crippen LogP contribution in [0.15, 0.2) is 42.7 Å². The summed E-state index contributed by atoms with van der Waals surface area (Å²) in [6.07, 6.45) is -4.66. The Bertz CT molecular complexity index is 792. The second-order valence-electron chi connectivity index (χ2n) is 6.16. The molecule has 1 aromatic heterocycles. The van der Waals surface area contributed by atoms with Crippen LogP contribution < -0.4 is 11.1 Å². The molecule has 29 heavy (non-hydrogen) atoms. The van der Waals surface area contributed by atoms with Crippen molar-refractivity contribution in [3.05, 3.63) is 54.0 Å². The van der Waals surface area contributed by atoms with E-state index in [-0.39, 0.29) is 18.3 Å². The van der Waals surface area contributed by atoms with Gasteiger partial charge in [0, 0.05) is 18.7 Å². The Morgan fingerprint density at radius 3 is 2.52 bits per heavy atom. The molecular weight excluding hydrogens is 393 g/mol. The number of alkyl halides is 3. The zero-order chi connectivity index (χ0) is 21.4. The Hall–Kier alpha value is -2.76. The number of ether oxygens (including phenoxy) is 1. The van der Waals surface area contributed by atoms with Crippen molar-refractivity contribution in [3.63, 3.8) is 0 Å². The molecule has 1 fully saturated rings. The highest BCUT2D eigenvalue weighted by molar-refractivity contribution is 5.94. The van der Waals surface area contributed by atoms with Gasteiger partial charge >= 0.3 is 6.18 Å². The summed E-state index contributed by atoms with van der Waals surface area (Å²) in [4.78, 5) is 18.0. The number of hydrogen-bond donors (Lipinski definition) is 4. The lowest BCUT2D eigenvalue weighted by Crippen LogP contribution is -2.49. The van der Waals surface area contributed by atoms with Gasteiger partial charge in [-0.15, -0.1) is 0 Å². The number of rotatable bonds is 3. The first-order valence-corrected chi connectivity index (χ1v) is 8.64. The van der Waals surface area contributed by atoms with Crippen molar-refractivity contribution in [1.29, 1.82) is 0 Å². The zero-order valence-corrected chi connectivity index (χ0v) is 15.2. The molecule has 1 aliphatic heterocycles. The van der Waals surface area contributed by atoms with Gasteiger partial charge in [-0.05, 0) is 18.6 Å². The van der Waals surface area contributed by atoms with Gasteiger partial charge in [-0.3, -0.25) is 9.78 Å². The van der Waals surface area contributed by atoms with Crippen LogP contribution >= 0.6 is 0 Å². The summed E-state index contributed by atoms with van der Waals surface area (Å²) < 4.78 is 40.8. The van der Waals surface area contributed by atoms with Crippen LogP contribution in [0.4, 0.5) is 19.0 Å². The largest absolute Gasteiger partial charge is 0.434 e. The fourth-order valence-electron chi connectivity index (χ4n) is 2.44. The van der Waals surface area contributed by atoms with Crippen LogP contribution in [-0.4, -0.2) is 57.6 Å². The monoisotopic (exact) mass is 414 g/mol. The number of carbonyl (C=O) groups is 1. The second-order valence-corrected chi connectivity index (χ2v) is 6.16. The second kappa shape index (κ2) is 10.1. The van der Waals surface area contributed by atoms with Crippen molar-refractivity contribution in [2.24, 2.45) is 0 Å². The van der Waals surface area contributed by atoms with E-state index in [1.807, 2.05) is 6.07 Å². The number of nitrogens with one attached hydrogen (secondary N) is 1. The molecular formula is C18H21F3N4O4. The van der Waals surface area contributed by atoms with Crippen molar-refractivity contribution in [1.82, 2.24) is 15.3 Å². The summed E-state index contributed by atoms with van der Waals surface area (Å²) in [6.45, 7) is 0.579. The van der Waals surface area contributed by atoms with E-state index in [0.717, 1.165) is 6.20 Å². The van der Waals surface area contributed by atoms with Crippen LogP contribution in [0.25, 0.3) is 0 Å². The van der Waals surface area contributed by atoms with Crippen LogP contribution in [0, 0.1) is 0 Å². The highest BCUT2D eigenvalue weighted by Crippen LogP contribution is 2.26. The molecule has 0 saturated carbocycles. The number of anilines is 1. The Kier molecular flexibility index (Phi) is 7.88. The summed E-state index contributed by atoms with van der Waals surface area (Å²) in [5, 5.41) is 21.9. The standard InChI is InChI=1S/C13H17NO4.C5H4F3N3/c15-10-6-7-18-11(12(10)16)8-14-13(17)9-4-2-1-3-5-9;6-5(7,8)3-1-10-2-4(9)11-3/h1-5,10-12,15-16H,6-8H2,(H,14,17);1-2H,(H2,9,11). The number of hydrogen-bond acceptors (Lipinski definition) is 7. The van der Waals surface area contributed by atoms with Gasteiger partial charge in [-0.1, -0.05) is 18.2 Å². The maximum atomic E-state index is 11.8. The molecule has 158 valence electrons. The molecule has 3 unspecified atom stereocenters. The molecule has 5 N–H and O–H groups in total. The number of nitrogen functional groups attached to an aromatic ring is 1. The Labute approximate surface area is 164 Å². The van der Waals surface area contributed by atoms with Crippen LogP contribution in [0.1, 0.15) is 22.5 Å². The predicted molar refractivity (Wildman–Crippen MR) is 96.6 cm³/mol. The highest BCUT2D eigenvalue weighted by atomic mass is 19.4. The van der Waals surface area contributed by atoms with Gasteiger partial charge in [0.25, 0.3) is 5.91 Å². The van der Waals surface area contributed by atoms with E-state index in [9.17, 15) is 28.2 Å². The SMILES string of the molecule is Nc1cncc(C(F)(F)F)n1.O=C(NCC1OCCC(O)C1O)c1ccccc1. The molecule has 0 bridgehead atoms. The van der Waals surface area contributed by atoms with Gasteiger partial charge in [0.05, 0.1) is 18.5 Å². The first-order valence-electron chi connectivity index (χ1n) is 8.64. The van der Waals surface area contributed by atoms with E-state index in [4.69, 9.17) is 10.5 Å². The van der Waals surface area contributed by atoms with Crippen LogP contribution in [0.3, 0.4) is 0 Å². The Morgan fingerprint density at radius 2 is 1.93 bits per heavy atom. The number of halogens is 3. The van der Waals surface area contributed by atoms with E-state index >= 15 is 0 Å². The molecule has 1 aliphatic rings. The first kappa shape index (κ1) is 22.5. The van der Waals surface area contributed by atoms with Crippen LogP contribution in [-0.2, 0) is 10.9 Å². The molecule has 1 amide bonds. The predicted octanol–water partition coefficient (Wildman–Crippen LogP) is 1.00. The average molecular weight is 414 g/mol. The normalized spacial score (nSPS) is 21.6. The maximum Gasteiger partial charge on any atom is 0.434 e. The highest BCUT2D eigenvalue weighted by Gasteiger charge is 2.33. The molecule has 0 spiro atoms. The van der Waals surface area contributed by atoms with E-state index in [1.165, 1.54) is 0 Å². The minimum atomic E-state index is -4.47. The van der Waals surface area contributed by atoms with Gasteiger partial charge in [0.1, 0.15) is 18.0 Å². The fourth-order valence-corrected chi connectivity index (χ4v) is 2.44. The fraction of sp³-hybridized carbons (Fsp3) is 0.389. The summed E-state index contributed by atoms with van der Waals surface area (Å²) in [6, 6.07) is 8.82. The van der Waals surface area contributed by atoms with Crippen molar-refractivity contribution < 1.29 is 32.9 Å². The Balaban J connectivity index is 0.000000234. The maximum absolute atomic E-state index is 11.8. The van der Waals surface area contributed by atoms with Crippen LogP contribution in [0.5, 0.6) is 0 Å². The minimum absolute atomic E-state index is 0.186.